The summed E-state index contributed by atoms with van der Waals surface area (Å²) in [4.78, 5) is 25.4. The topological polar surface area (TPSA) is 66.8 Å². The third-order valence-electron chi connectivity index (χ3n) is 4.61. The molecule has 2 fully saturated rings. The first kappa shape index (κ1) is 14.3. The Morgan fingerprint density at radius 1 is 1.47 bits per heavy atom. The summed E-state index contributed by atoms with van der Waals surface area (Å²) in [6, 6.07) is 0. The molecule has 5 heteroatoms. The van der Waals surface area contributed by atoms with E-state index < -0.39 is 11.4 Å². The van der Waals surface area contributed by atoms with Crippen LogP contribution in [0.3, 0.4) is 0 Å². The quantitative estimate of drug-likeness (QED) is 0.840. The molecule has 2 aliphatic rings. The molecule has 1 amide bonds. The van der Waals surface area contributed by atoms with Crippen LogP contribution < -0.4 is 0 Å². The van der Waals surface area contributed by atoms with Crippen LogP contribution in [0, 0.1) is 11.3 Å². The van der Waals surface area contributed by atoms with Gasteiger partial charge in [-0.15, -0.1) is 0 Å². The predicted molar refractivity (Wildman–Crippen MR) is 69.7 cm³/mol. The molecule has 1 N–H and O–H groups in total. The van der Waals surface area contributed by atoms with Crippen molar-refractivity contribution in [2.45, 2.75) is 45.6 Å². The number of carboxylic acids is 1. The number of aliphatic carboxylic acids is 1. The Labute approximate surface area is 113 Å². The van der Waals surface area contributed by atoms with Crippen LogP contribution in [0.15, 0.2) is 0 Å². The number of amides is 1. The van der Waals surface area contributed by atoms with E-state index in [1.807, 2.05) is 13.8 Å². The Bertz CT molecular complexity index is 362. The smallest absolute Gasteiger partial charge is 0.311 e. The molecule has 19 heavy (non-hydrogen) atoms. The zero-order valence-electron chi connectivity index (χ0n) is 11.7. The highest BCUT2D eigenvalue weighted by molar-refractivity contribution is 5.81. The van der Waals surface area contributed by atoms with Gasteiger partial charge in [-0.1, -0.05) is 13.8 Å². The zero-order valence-corrected chi connectivity index (χ0v) is 11.7. The van der Waals surface area contributed by atoms with Gasteiger partial charge in [0.05, 0.1) is 17.9 Å². The average molecular weight is 269 g/mol. The molecule has 0 aromatic heterocycles. The first-order chi connectivity index (χ1) is 8.95. The minimum Gasteiger partial charge on any atom is -0.481 e. The summed E-state index contributed by atoms with van der Waals surface area (Å²) in [5, 5.41) is 9.46. The molecular weight excluding hydrogens is 246 g/mol. The highest BCUT2D eigenvalue weighted by Gasteiger charge is 2.48. The second-order valence-corrected chi connectivity index (χ2v) is 6.02. The van der Waals surface area contributed by atoms with E-state index in [9.17, 15) is 14.7 Å². The standard InChI is InChI=1S/C14H23NO4/c1-10(2)14(13(17)18)5-6-15(9-14)12(16)8-11-4-3-7-19-11/h10-11H,3-9H2,1-2H3,(H,17,18). The number of ether oxygens (including phenoxy) is 1. The van der Waals surface area contributed by atoms with Crippen LogP contribution in [-0.2, 0) is 14.3 Å². The molecule has 0 bridgehead atoms. The molecule has 0 aliphatic carbocycles. The van der Waals surface area contributed by atoms with E-state index in [1.165, 1.54) is 0 Å². The number of carbonyl (C=O) groups is 2. The molecule has 2 heterocycles. The van der Waals surface area contributed by atoms with Gasteiger partial charge < -0.3 is 14.7 Å². The third-order valence-corrected chi connectivity index (χ3v) is 4.61. The predicted octanol–water partition coefficient (Wildman–Crippen LogP) is 1.51. The fourth-order valence-corrected chi connectivity index (χ4v) is 3.07. The van der Waals surface area contributed by atoms with Gasteiger partial charge >= 0.3 is 5.97 Å². The fraction of sp³-hybridized carbons (Fsp3) is 0.857. The maximum atomic E-state index is 12.2. The normalized spacial score (nSPS) is 31.1. The van der Waals surface area contributed by atoms with Crippen LogP contribution in [0.1, 0.15) is 39.5 Å². The Morgan fingerprint density at radius 2 is 2.21 bits per heavy atom. The van der Waals surface area contributed by atoms with E-state index in [-0.39, 0.29) is 17.9 Å². The molecule has 0 aromatic rings. The van der Waals surface area contributed by atoms with Gasteiger partial charge in [0.2, 0.25) is 5.91 Å². The Morgan fingerprint density at radius 3 is 2.68 bits per heavy atom. The molecule has 0 aromatic carbocycles. The molecule has 2 aliphatic heterocycles. The van der Waals surface area contributed by atoms with Crippen molar-refractivity contribution in [2.75, 3.05) is 19.7 Å². The van der Waals surface area contributed by atoms with E-state index in [2.05, 4.69) is 0 Å². The molecule has 108 valence electrons. The minimum atomic E-state index is -0.782. The van der Waals surface area contributed by atoms with Gasteiger partial charge in [-0.05, 0) is 25.2 Å². The zero-order chi connectivity index (χ0) is 14.0. The van der Waals surface area contributed by atoms with Gasteiger partial charge in [0.25, 0.3) is 0 Å². The lowest BCUT2D eigenvalue weighted by Crippen LogP contribution is -2.41. The van der Waals surface area contributed by atoms with E-state index in [4.69, 9.17) is 4.74 Å². The molecule has 5 nitrogen and oxygen atoms in total. The largest absolute Gasteiger partial charge is 0.481 e. The second kappa shape index (κ2) is 5.49. The lowest BCUT2D eigenvalue weighted by Gasteiger charge is -2.28. The van der Waals surface area contributed by atoms with Crippen molar-refractivity contribution >= 4 is 11.9 Å². The first-order valence-corrected chi connectivity index (χ1v) is 7.08. The SMILES string of the molecule is CC(C)C1(C(=O)O)CCN(C(=O)CC2CCCO2)C1. The maximum absolute atomic E-state index is 12.2. The number of carbonyl (C=O) groups excluding carboxylic acids is 1. The molecule has 2 saturated heterocycles. The summed E-state index contributed by atoms with van der Waals surface area (Å²) in [5.74, 6) is -0.712. The number of likely N-dealkylation sites (tertiary alicyclic amines) is 1. The number of hydrogen-bond acceptors (Lipinski definition) is 3. The second-order valence-electron chi connectivity index (χ2n) is 6.02. The Balaban J connectivity index is 1.96. The summed E-state index contributed by atoms with van der Waals surface area (Å²) >= 11 is 0. The van der Waals surface area contributed by atoms with Gasteiger partial charge in [0.1, 0.15) is 0 Å². The fourth-order valence-electron chi connectivity index (χ4n) is 3.07. The van der Waals surface area contributed by atoms with Crippen LogP contribution in [0.5, 0.6) is 0 Å². The number of hydrogen-bond donors (Lipinski definition) is 1. The van der Waals surface area contributed by atoms with Crippen molar-refractivity contribution in [1.29, 1.82) is 0 Å². The molecule has 0 saturated carbocycles. The molecule has 2 atom stereocenters. The minimum absolute atomic E-state index is 0.0329. The van der Waals surface area contributed by atoms with Gasteiger partial charge in [-0.3, -0.25) is 9.59 Å². The summed E-state index contributed by atoms with van der Waals surface area (Å²) in [6.07, 6.45) is 2.94. The van der Waals surface area contributed by atoms with Gasteiger partial charge in [0.15, 0.2) is 0 Å². The Hall–Kier alpha value is -1.10. The molecule has 0 radical (unpaired) electrons. The summed E-state index contributed by atoms with van der Waals surface area (Å²) < 4.78 is 5.47. The van der Waals surface area contributed by atoms with Crippen molar-refractivity contribution in [2.24, 2.45) is 11.3 Å². The summed E-state index contributed by atoms with van der Waals surface area (Å²) in [7, 11) is 0. The highest BCUT2D eigenvalue weighted by Crippen LogP contribution is 2.38. The highest BCUT2D eigenvalue weighted by atomic mass is 16.5. The maximum Gasteiger partial charge on any atom is 0.311 e. The van der Waals surface area contributed by atoms with Gasteiger partial charge in [-0.25, -0.2) is 0 Å². The van der Waals surface area contributed by atoms with Crippen molar-refractivity contribution in [3.05, 3.63) is 0 Å². The van der Waals surface area contributed by atoms with E-state index in [0.29, 0.717) is 25.9 Å². The molecule has 2 unspecified atom stereocenters. The van der Waals surface area contributed by atoms with Crippen LogP contribution in [-0.4, -0.2) is 47.7 Å². The van der Waals surface area contributed by atoms with Crippen molar-refractivity contribution in [3.63, 3.8) is 0 Å². The first-order valence-electron chi connectivity index (χ1n) is 7.08. The van der Waals surface area contributed by atoms with E-state index in [0.717, 1.165) is 19.4 Å². The molecule has 2 rings (SSSR count). The lowest BCUT2D eigenvalue weighted by atomic mass is 9.76. The van der Waals surface area contributed by atoms with E-state index >= 15 is 0 Å². The lowest BCUT2D eigenvalue weighted by molar-refractivity contribution is -0.151. The monoisotopic (exact) mass is 269 g/mol. The number of nitrogens with zero attached hydrogens (tertiary/aromatic N) is 1. The average Bonchev–Trinajstić information content (AvgIpc) is 2.97. The van der Waals surface area contributed by atoms with Gasteiger partial charge in [0, 0.05) is 19.7 Å². The van der Waals surface area contributed by atoms with Crippen LogP contribution in [0.25, 0.3) is 0 Å². The third kappa shape index (κ3) is 2.76. The summed E-state index contributed by atoms with van der Waals surface area (Å²) in [6.45, 7) is 5.47. The van der Waals surface area contributed by atoms with Crippen LogP contribution in [0.2, 0.25) is 0 Å². The molecular formula is C14H23NO4. The number of rotatable bonds is 4. The van der Waals surface area contributed by atoms with Crippen LogP contribution >= 0.6 is 0 Å². The van der Waals surface area contributed by atoms with Crippen molar-refractivity contribution in [3.8, 4) is 0 Å². The van der Waals surface area contributed by atoms with E-state index in [1.54, 1.807) is 4.90 Å². The number of carboxylic acid groups (broad SMARTS) is 1. The Kier molecular flexibility index (Phi) is 4.13. The van der Waals surface area contributed by atoms with Gasteiger partial charge in [-0.2, -0.15) is 0 Å². The summed E-state index contributed by atoms with van der Waals surface area (Å²) in [5.41, 5.74) is -0.772. The van der Waals surface area contributed by atoms with Crippen molar-refractivity contribution < 1.29 is 19.4 Å². The van der Waals surface area contributed by atoms with Crippen LogP contribution in [0.4, 0.5) is 0 Å². The van der Waals surface area contributed by atoms with Crippen molar-refractivity contribution in [1.82, 2.24) is 4.90 Å². The molecule has 0 spiro atoms.